The van der Waals surface area contributed by atoms with Crippen LogP contribution in [0.2, 0.25) is 0 Å². The molecule has 1 heterocycles. The number of urea groups is 1. The van der Waals surface area contributed by atoms with Crippen LogP contribution in [-0.2, 0) is 24.4 Å². The zero-order valence-electron chi connectivity index (χ0n) is 13.9. The van der Waals surface area contributed by atoms with Crippen molar-refractivity contribution in [2.45, 2.75) is 33.5 Å². The summed E-state index contributed by atoms with van der Waals surface area (Å²) in [5, 5.41) is 9.87. The van der Waals surface area contributed by atoms with Crippen LogP contribution in [0.25, 0.3) is 0 Å². The molecule has 2 aromatic rings. The summed E-state index contributed by atoms with van der Waals surface area (Å²) in [5.74, 6) is 0.508. The minimum atomic E-state index is -0.249. The van der Waals surface area contributed by atoms with Crippen LogP contribution in [0.1, 0.15) is 25.0 Å². The van der Waals surface area contributed by atoms with E-state index >= 15 is 0 Å². The number of ether oxygens (including phenoxy) is 1. The molecule has 23 heavy (non-hydrogen) atoms. The van der Waals surface area contributed by atoms with E-state index in [0.29, 0.717) is 24.8 Å². The Bertz CT molecular complexity index is 637. The summed E-state index contributed by atoms with van der Waals surface area (Å²) < 4.78 is 6.99. The van der Waals surface area contributed by atoms with E-state index < -0.39 is 0 Å². The normalized spacial score (nSPS) is 10.8. The third kappa shape index (κ3) is 5.41. The Morgan fingerprint density at radius 2 is 2.04 bits per heavy atom. The molecular formula is C17H24N4O2. The summed E-state index contributed by atoms with van der Waals surface area (Å²) in [5.41, 5.74) is 2.80. The van der Waals surface area contributed by atoms with Gasteiger partial charge in [-0.05, 0) is 17.0 Å². The van der Waals surface area contributed by atoms with Crippen molar-refractivity contribution in [1.29, 1.82) is 0 Å². The topological polar surface area (TPSA) is 68.2 Å². The van der Waals surface area contributed by atoms with Gasteiger partial charge in [0.15, 0.2) is 0 Å². The second kappa shape index (κ2) is 8.33. The van der Waals surface area contributed by atoms with Gasteiger partial charge < -0.3 is 15.4 Å². The number of nitrogens with one attached hydrogen (secondary N) is 2. The lowest BCUT2D eigenvalue weighted by Gasteiger charge is -2.10. The quantitative estimate of drug-likeness (QED) is 0.825. The average Bonchev–Trinajstić information content (AvgIpc) is 2.93. The Hall–Kier alpha value is -2.34. The Labute approximate surface area is 136 Å². The number of carbonyl (C=O) groups is 1. The van der Waals surface area contributed by atoms with Crippen LogP contribution in [0, 0.1) is 5.92 Å². The van der Waals surface area contributed by atoms with Crippen molar-refractivity contribution >= 4 is 11.7 Å². The summed E-state index contributed by atoms with van der Waals surface area (Å²) in [4.78, 5) is 12.0. The number of methoxy groups -OCH3 is 1. The van der Waals surface area contributed by atoms with Crippen LogP contribution in [-0.4, -0.2) is 22.9 Å². The molecule has 2 amide bonds. The summed E-state index contributed by atoms with van der Waals surface area (Å²) in [7, 11) is 1.66. The predicted octanol–water partition coefficient (Wildman–Crippen LogP) is 3.01. The van der Waals surface area contributed by atoms with E-state index in [1.807, 2.05) is 35.1 Å². The van der Waals surface area contributed by atoms with Crippen molar-refractivity contribution in [2.24, 2.45) is 5.92 Å². The number of rotatable bonds is 7. The minimum Gasteiger partial charge on any atom is -0.380 e. The second-order valence-corrected chi connectivity index (χ2v) is 5.85. The van der Waals surface area contributed by atoms with Gasteiger partial charge in [-0.3, -0.25) is 4.68 Å². The van der Waals surface area contributed by atoms with Gasteiger partial charge in [0.2, 0.25) is 0 Å². The lowest BCUT2D eigenvalue weighted by Crippen LogP contribution is -2.28. The van der Waals surface area contributed by atoms with E-state index in [2.05, 4.69) is 29.6 Å². The van der Waals surface area contributed by atoms with Crippen LogP contribution in [0.5, 0.6) is 0 Å². The van der Waals surface area contributed by atoms with Gasteiger partial charge in [0.25, 0.3) is 0 Å². The molecule has 0 aliphatic heterocycles. The van der Waals surface area contributed by atoms with Crippen LogP contribution >= 0.6 is 0 Å². The number of hydrogen-bond acceptors (Lipinski definition) is 3. The highest BCUT2D eigenvalue weighted by Crippen LogP contribution is 2.10. The largest absolute Gasteiger partial charge is 0.380 e. The van der Waals surface area contributed by atoms with Crippen LogP contribution < -0.4 is 10.6 Å². The fraction of sp³-hybridized carbons (Fsp3) is 0.412. The van der Waals surface area contributed by atoms with Gasteiger partial charge in [-0.25, -0.2) is 4.79 Å². The van der Waals surface area contributed by atoms with Crippen LogP contribution in [0.15, 0.2) is 36.7 Å². The van der Waals surface area contributed by atoms with Gasteiger partial charge in [-0.1, -0.05) is 38.1 Å². The van der Waals surface area contributed by atoms with Gasteiger partial charge in [-0.2, -0.15) is 5.10 Å². The first kappa shape index (κ1) is 17.0. The highest BCUT2D eigenvalue weighted by atomic mass is 16.5. The third-order valence-corrected chi connectivity index (χ3v) is 3.30. The van der Waals surface area contributed by atoms with Crippen molar-refractivity contribution in [1.82, 2.24) is 15.1 Å². The van der Waals surface area contributed by atoms with Gasteiger partial charge in [0, 0.05) is 26.4 Å². The molecule has 0 radical (unpaired) electrons. The van der Waals surface area contributed by atoms with Gasteiger partial charge >= 0.3 is 6.03 Å². The molecule has 0 bridgehead atoms. The van der Waals surface area contributed by atoms with Crippen molar-refractivity contribution in [3.05, 3.63) is 47.8 Å². The van der Waals surface area contributed by atoms with Crippen LogP contribution in [0.3, 0.4) is 0 Å². The molecule has 0 atom stereocenters. The number of aromatic nitrogens is 2. The highest BCUT2D eigenvalue weighted by molar-refractivity contribution is 5.88. The minimum absolute atomic E-state index is 0.249. The number of hydrogen-bond donors (Lipinski definition) is 2. The van der Waals surface area contributed by atoms with Gasteiger partial charge in [0.1, 0.15) is 0 Å². The third-order valence-electron chi connectivity index (χ3n) is 3.30. The fourth-order valence-corrected chi connectivity index (χ4v) is 2.28. The van der Waals surface area contributed by atoms with E-state index in [-0.39, 0.29) is 6.03 Å². The molecule has 1 aromatic carbocycles. The molecule has 0 aliphatic rings. The number of anilines is 1. The molecule has 0 saturated heterocycles. The predicted molar refractivity (Wildman–Crippen MR) is 90.1 cm³/mol. The molecule has 0 spiro atoms. The van der Waals surface area contributed by atoms with E-state index in [9.17, 15) is 4.79 Å². The molecule has 2 rings (SSSR count). The van der Waals surface area contributed by atoms with E-state index in [0.717, 1.165) is 17.7 Å². The Balaban J connectivity index is 1.87. The van der Waals surface area contributed by atoms with Crippen molar-refractivity contribution in [2.75, 3.05) is 12.4 Å². The SMILES string of the molecule is COCc1ccccc1CNC(=O)Nc1cnn(CC(C)C)c1. The maximum absolute atomic E-state index is 12.0. The Morgan fingerprint density at radius 3 is 2.74 bits per heavy atom. The summed E-state index contributed by atoms with van der Waals surface area (Å²) >= 11 is 0. The Kier molecular flexibility index (Phi) is 6.17. The molecule has 2 N–H and O–H groups in total. The number of benzene rings is 1. The molecule has 6 heteroatoms. The zero-order valence-corrected chi connectivity index (χ0v) is 13.9. The molecule has 6 nitrogen and oxygen atoms in total. The Morgan fingerprint density at radius 1 is 1.30 bits per heavy atom. The summed E-state index contributed by atoms with van der Waals surface area (Å²) in [6, 6.07) is 7.63. The molecule has 1 aromatic heterocycles. The number of nitrogens with zero attached hydrogens (tertiary/aromatic N) is 2. The number of carbonyl (C=O) groups excluding carboxylic acids is 1. The highest BCUT2D eigenvalue weighted by Gasteiger charge is 2.07. The zero-order chi connectivity index (χ0) is 16.7. The second-order valence-electron chi connectivity index (χ2n) is 5.85. The van der Waals surface area contributed by atoms with Crippen LogP contribution in [0.4, 0.5) is 10.5 Å². The summed E-state index contributed by atoms with van der Waals surface area (Å²) in [6.07, 6.45) is 3.49. The van der Waals surface area contributed by atoms with Crippen molar-refractivity contribution in [3.63, 3.8) is 0 Å². The molecule has 0 unspecified atom stereocenters. The molecular weight excluding hydrogens is 292 g/mol. The first-order valence-electron chi connectivity index (χ1n) is 7.71. The molecule has 124 valence electrons. The standard InChI is InChI=1S/C17H24N4O2/c1-13(2)10-21-11-16(9-19-21)20-17(22)18-8-14-6-4-5-7-15(14)12-23-3/h4-7,9,11,13H,8,10,12H2,1-3H3,(H2,18,20,22). The average molecular weight is 316 g/mol. The van der Waals surface area contributed by atoms with E-state index in [4.69, 9.17) is 4.74 Å². The molecule has 0 saturated carbocycles. The first-order chi connectivity index (χ1) is 11.1. The lowest BCUT2D eigenvalue weighted by molar-refractivity contribution is 0.184. The van der Waals surface area contributed by atoms with Crippen molar-refractivity contribution in [3.8, 4) is 0 Å². The van der Waals surface area contributed by atoms with Crippen molar-refractivity contribution < 1.29 is 9.53 Å². The molecule has 0 aliphatic carbocycles. The maximum atomic E-state index is 12.0. The maximum Gasteiger partial charge on any atom is 0.319 e. The number of amides is 2. The smallest absolute Gasteiger partial charge is 0.319 e. The summed E-state index contributed by atoms with van der Waals surface area (Å²) in [6.45, 7) is 6.05. The van der Waals surface area contributed by atoms with E-state index in [1.54, 1.807) is 13.3 Å². The van der Waals surface area contributed by atoms with Gasteiger partial charge in [0.05, 0.1) is 18.5 Å². The lowest BCUT2D eigenvalue weighted by atomic mass is 10.1. The first-order valence-corrected chi connectivity index (χ1v) is 7.71. The molecule has 0 fully saturated rings. The van der Waals surface area contributed by atoms with Gasteiger partial charge in [-0.15, -0.1) is 0 Å². The van der Waals surface area contributed by atoms with E-state index in [1.165, 1.54) is 0 Å². The monoisotopic (exact) mass is 316 g/mol. The fourth-order valence-electron chi connectivity index (χ4n) is 2.28.